The number of fused-ring (bicyclic) bond motifs is 1. The number of rotatable bonds is 3. The Morgan fingerprint density at radius 1 is 1.14 bits per heavy atom. The van der Waals surface area contributed by atoms with E-state index < -0.39 is 29.9 Å². The van der Waals surface area contributed by atoms with Crippen molar-refractivity contribution in [2.45, 2.75) is 12.1 Å². The second-order valence-electron chi connectivity index (χ2n) is 4.96. The summed E-state index contributed by atoms with van der Waals surface area (Å²) in [6.45, 7) is 0.381. The van der Waals surface area contributed by atoms with E-state index in [9.17, 15) is 9.59 Å². The maximum absolute atomic E-state index is 12.2. The lowest BCUT2D eigenvalue weighted by Gasteiger charge is -2.27. The van der Waals surface area contributed by atoms with Gasteiger partial charge in [-0.3, -0.25) is 9.59 Å². The summed E-state index contributed by atoms with van der Waals surface area (Å²) in [4.78, 5) is 23.2. The van der Waals surface area contributed by atoms with Gasteiger partial charge in [0.15, 0.2) is 11.5 Å². The first-order valence-electron chi connectivity index (χ1n) is 6.64. The molecule has 0 bridgehead atoms. The van der Waals surface area contributed by atoms with E-state index in [0.717, 1.165) is 0 Å². The van der Waals surface area contributed by atoms with Gasteiger partial charge in [0.25, 0.3) is 5.91 Å². The molecule has 2 aliphatic heterocycles. The number of hydrogen-bond donors (Lipinski definition) is 2. The second kappa shape index (κ2) is 5.61. The zero-order valence-electron chi connectivity index (χ0n) is 11.2. The number of ether oxygens (including phenoxy) is 3. The predicted octanol–water partition coefficient (Wildman–Crippen LogP) is 0.0422. The van der Waals surface area contributed by atoms with Gasteiger partial charge in [-0.2, -0.15) is 0 Å². The quantitative estimate of drug-likeness (QED) is 0.817. The molecule has 0 radical (unpaired) electrons. The monoisotopic (exact) mass is 293 g/mol. The first-order chi connectivity index (χ1) is 10.1. The molecular formula is C14H15NO6. The number of carbonyl (C=O) groups excluding carboxylic acids is 1. The molecule has 2 N–H and O–H groups in total. The number of carboxylic acids is 1. The first-order valence-corrected chi connectivity index (χ1v) is 6.64. The molecule has 0 aromatic heterocycles. The minimum absolute atomic E-state index is 0.0914. The Bertz CT molecular complexity index is 560. The summed E-state index contributed by atoms with van der Waals surface area (Å²) in [6.07, 6.45) is -0.796. The Labute approximate surface area is 120 Å². The van der Waals surface area contributed by atoms with Crippen molar-refractivity contribution in [3.63, 3.8) is 0 Å². The molecule has 0 spiro atoms. The summed E-state index contributed by atoms with van der Waals surface area (Å²) in [5.74, 6) is -1.02. The van der Waals surface area contributed by atoms with Crippen LogP contribution in [0, 0.1) is 5.92 Å². The average molecular weight is 293 g/mol. The van der Waals surface area contributed by atoms with Gasteiger partial charge in [-0.05, 0) is 12.1 Å². The van der Waals surface area contributed by atoms with Crippen molar-refractivity contribution in [1.82, 2.24) is 5.32 Å². The molecule has 1 saturated heterocycles. The van der Waals surface area contributed by atoms with Crippen LogP contribution in [0.5, 0.6) is 11.5 Å². The van der Waals surface area contributed by atoms with Crippen LogP contribution in [0.3, 0.4) is 0 Å². The smallest absolute Gasteiger partial charge is 0.311 e. The van der Waals surface area contributed by atoms with E-state index in [4.69, 9.17) is 19.3 Å². The summed E-state index contributed by atoms with van der Waals surface area (Å²) < 4.78 is 16.1. The molecule has 21 heavy (non-hydrogen) atoms. The van der Waals surface area contributed by atoms with E-state index in [1.54, 1.807) is 18.2 Å². The Hall–Kier alpha value is -2.28. The molecule has 3 atom stereocenters. The van der Waals surface area contributed by atoms with E-state index >= 15 is 0 Å². The molecule has 7 heteroatoms. The van der Waals surface area contributed by atoms with Gasteiger partial charge in [-0.1, -0.05) is 12.1 Å². The van der Waals surface area contributed by atoms with Gasteiger partial charge < -0.3 is 24.6 Å². The Balaban J connectivity index is 1.63. The van der Waals surface area contributed by atoms with Crippen molar-refractivity contribution in [3.05, 3.63) is 24.3 Å². The van der Waals surface area contributed by atoms with Crippen LogP contribution in [0.25, 0.3) is 0 Å². The van der Waals surface area contributed by atoms with Crippen molar-refractivity contribution >= 4 is 11.9 Å². The second-order valence-corrected chi connectivity index (χ2v) is 4.96. The third-order valence-corrected chi connectivity index (χ3v) is 3.53. The van der Waals surface area contributed by atoms with Gasteiger partial charge in [-0.15, -0.1) is 0 Å². The number of amides is 1. The highest BCUT2D eigenvalue weighted by molar-refractivity contribution is 5.83. The number of carboxylic acid groups (broad SMARTS) is 1. The van der Waals surface area contributed by atoms with Crippen LogP contribution in [-0.4, -0.2) is 48.9 Å². The highest BCUT2D eigenvalue weighted by Gasteiger charge is 2.37. The lowest BCUT2D eigenvalue weighted by atomic mass is 10.0. The zero-order valence-corrected chi connectivity index (χ0v) is 11.2. The standard InChI is InChI=1S/C14H15NO6/c16-13(15-9-6-19-5-8(9)14(17)18)12-7-20-10-3-1-2-4-11(10)21-12/h1-4,8-9,12H,5-7H2,(H,15,16)(H,17,18). The minimum atomic E-state index is -0.982. The van der Waals surface area contributed by atoms with E-state index in [2.05, 4.69) is 5.32 Å². The van der Waals surface area contributed by atoms with E-state index in [0.29, 0.717) is 11.5 Å². The van der Waals surface area contributed by atoms with Gasteiger partial charge in [0.2, 0.25) is 6.10 Å². The first kappa shape index (κ1) is 13.7. The van der Waals surface area contributed by atoms with Crippen molar-refractivity contribution < 1.29 is 28.9 Å². The molecule has 0 aliphatic carbocycles. The fraction of sp³-hybridized carbons (Fsp3) is 0.429. The summed E-state index contributed by atoms with van der Waals surface area (Å²) in [7, 11) is 0. The number of para-hydroxylation sites is 2. The molecule has 1 aromatic carbocycles. The molecule has 2 aliphatic rings. The number of aliphatic carboxylic acids is 1. The minimum Gasteiger partial charge on any atom is -0.485 e. The van der Waals surface area contributed by atoms with E-state index in [1.165, 1.54) is 0 Å². The van der Waals surface area contributed by atoms with E-state index in [-0.39, 0.29) is 19.8 Å². The Kier molecular flexibility index (Phi) is 3.66. The molecule has 1 amide bonds. The van der Waals surface area contributed by atoms with Crippen molar-refractivity contribution in [2.75, 3.05) is 19.8 Å². The number of carbonyl (C=O) groups is 2. The molecule has 1 fully saturated rings. The van der Waals surface area contributed by atoms with E-state index in [1.807, 2.05) is 6.07 Å². The van der Waals surface area contributed by atoms with Gasteiger partial charge in [-0.25, -0.2) is 0 Å². The largest absolute Gasteiger partial charge is 0.485 e. The van der Waals surface area contributed by atoms with Gasteiger partial charge in [0.05, 0.1) is 19.3 Å². The van der Waals surface area contributed by atoms with Crippen molar-refractivity contribution in [3.8, 4) is 11.5 Å². The summed E-state index contributed by atoms with van der Waals surface area (Å²) in [5, 5.41) is 11.7. The zero-order chi connectivity index (χ0) is 14.8. The summed E-state index contributed by atoms with van der Waals surface area (Å²) in [5.41, 5.74) is 0. The number of hydrogen-bond acceptors (Lipinski definition) is 5. The molecule has 3 unspecified atom stereocenters. The summed E-state index contributed by atoms with van der Waals surface area (Å²) >= 11 is 0. The van der Waals surface area contributed by atoms with Crippen LogP contribution in [0.4, 0.5) is 0 Å². The van der Waals surface area contributed by atoms with Crippen LogP contribution >= 0.6 is 0 Å². The fourth-order valence-corrected chi connectivity index (χ4v) is 2.36. The SMILES string of the molecule is O=C(NC1COCC1C(=O)O)C1COc2ccccc2O1. The predicted molar refractivity (Wildman–Crippen MR) is 70.2 cm³/mol. The molecule has 3 rings (SSSR count). The molecule has 7 nitrogen and oxygen atoms in total. The average Bonchev–Trinajstić information content (AvgIpc) is 2.95. The van der Waals surface area contributed by atoms with Gasteiger partial charge in [0.1, 0.15) is 12.5 Å². The third-order valence-electron chi connectivity index (χ3n) is 3.53. The Morgan fingerprint density at radius 2 is 1.90 bits per heavy atom. The highest BCUT2D eigenvalue weighted by atomic mass is 16.6. The molecule has 2 heterocycles. The lowest BCUT2D eigenvalue weighted by molar-refractivity contribution is -0.142. The summed E-state index contributed by atoms with van der Waals surface area (Å²) in [6, 6.07) is 6.53. The lowest BCUT2D eigenvalue weighted by Crippen LogP contribution is -2.50. The number of nitrogens with one attached hydrogen (secondary N) is 1. The van der Waals surface area contributed by atoms with Gasteiger partial charge >= 0.3 is 5.97 Å². The highest BCUT2D eigenvalue weighted by Crippen LogP contribution is 2.31. The van der Waals surface area contributed by atoms with Crippen molar-refractivity contribution in [2.24, 2.45) is 5.92 Å². The van der Waals surface area contributed by atoms with Crippen LogP contribution in [0.2, 0.25) is 0 Å². The molecule has 0 saturated carbocycles. The van der Waals surface area contributed by atoms with Crippen LogP contribution in [-0.2, 0) is 14.3 Å². The van der Waals surface area contributed by atoms with Crippen LogP contribution in [0.1, 0.15) is 0 Å². The van der Waals surface area contributed by atoms with Crippen molar-refractivity contribution in [1.29, 1.82) is 0 Å². The maximum atomic E-state index is 12.2. The van der Waals surface area contributed by atoms with Crippen LogP contribution in [0.15, 0.2) is 24.3 Å². The maximum Gasteiger partial charge on any atom is 0.311 e. The Morgan fingerprint density at radius 3 is 2.67 bits per heavy atom. The van der Waals surface area contributed by atoms with Gasteiger partial charge in [0, 0.05) is 0 Å². The normalized spacial score (nSPS) is 27.1. The van der Waals surface area contributed by atoms with Crippen LogP contribution < -0.4 is 14.8 Å². The third kappa shape index (κ3) is 2.78. The fourth-order valence-electron chi connectivity index (χ4n) is 2.36. The molecular weight excluding hydrogens is 278 g/mol. The topological polar surface area (TPSA) is 94.1 Å². The molecule has 112 valence electrons. The molecule has 1 aromatic rings. The number of benzene rings is 1.